The summed E-state index contributed by atoms with van der Waals surface area (Å²) in [5.74, 6) is 6.08. The first kappa shape index (κ1) is 11.2. The molecule has 0 rings (SSSR count). The zero-order chi connectivity index (χ0) is 9.40. The van der Waals surface area contributed by atoms with Gasteiger partial charge in [0.25, 0.3) is 0 Å². The summed E-state index contributed by atoms with van der Waals surface area (Å²) in [5, 5.41) is 0. The van der Waals surface area contributed by atoms with Crippen molar-refractivity contribution in [3.05, 3.63) is 0 Å². The predicted molar refractivity (Wildman–Crippen MR) is 52.8 cm³/mol. The van der Waals surface area contributed by atoms with E-state index in [1.165, 1.54) is 12.8 Å². The van der Waals surface area contributed by atoms with Crippen molar-refractivity contribution in [1.29, 1.82) is 0 Å². The lowest BCUT2D eigenvalue weighted by Gasteiger charge is -2.19. The Kier molecular flexibility index (Phi) is 6.47. The second kappa shape index (κ2) is 6.91. The maximum Gasteiger partial charge on any atom is 0.208 e. The molecule has 0 atom stereocenters. The van der Waals surface area contributed by atoms with E-state index in [0.717, 1.165) is 19.0 Å². The van der Waals surface area contributed by atoms with Gasteiger partial charge in [-0.2, -0.15) is 0 Å². The standard InChI is InChI=1S/C8H20N4/c1-4-6-7-12(3)8(11-9)10-5-2/h4-7,9H2,1-3H3,(H,10,11). The van der Waals surface area contributed by atoms with Crippen LogP contribution in [0.3, 0.4) is 0 Å². The highest BCUT2D eigenvalue weighted by molar-refractivity contribution is 5.79. The van der Waals surface area contributed by atoms with Crippen LogP contribution in [0.4, 0.5) is 0 Å². The van der Waals surface area contributed by atoms with Crippen molar-refractivity contribution in [2.45, 2.75) is 26.7 Å². The van der Waals surface area contributed by atoms with E-state index in [1.807, 2.05) is 18.9 Å². The van der Waals surface area contributed by atoms with E-state index in [9.17, 15) is 0 Å². The molecule has 0 unspecified atom stereocenters. The van der Waals surface area contributed by atoms with E-state index in [2.05, 4.69) is 17.3 Å². The van der Waals surface area contributed by atoms with Gasteiger partial charge in [-0.05, 0) is 13.3 Å². The summed E-state index contributed by atoms with van der Waals surface area (Å²) in [7, 11) is 1.99. The van der Waals surface area contributed by atoms with Crippen molar-refractivity contribution < 1.29 is 0 Å². The van der Waals surface area contributed by atoms with Gasteiger partial charge >= 0.3 is 0 Å². The quantitative estimate of drug-likeness (QED) is 0.282. The number of hydrogen-bond donors (Lipinski definition) is 2. The van der Waals surface area contributed by atoms with Crippen molar-refractivity contribution in [3.63, 3.8) is 0 Å². The number of nitrogens with one attached hydrogen (secondary N) is 1. The molecule has 4 nitrogen and oxygen atoms in total. The van der Waals surface area contributed by atoms with Crippen LogP contribution in [0, 0.1) is 0 Å². The number of hydrogen-bond acceptors (Lipinski definition) is 2. The molecule has 0 aromatic carbocycles. The lowest BCUT2D eigenvalue weighted by Crippen LogP contribution is -2.43. The number of guanidine groups is 1. The first-order chi connectivity index (χ1) is 5.76. The molecule has 0 aliphatic carbocycles. The third-order valence-electron chi connectivity index (χ3n) is 1.65. The molecule has 0 saturated carbocycles. The molecule has 0 bridgehead atoms. The van der Waals surface area contributed by atoms with E-state index < -0.39 is 0 Å². The topological polar surface area (TPSA) is 53.6 Å². The molecule has 0 saturated heterocycles. The molecule has 0 aromatic rings. The van der Waals surface area contributed by atoms with Crippen LogP contribution >= 0.6 is 0 Å². The van der Waals surface area contributed by atoms with Gasteiger partial charge in [-0.3, -0.25) is 10.4 Å². The van der Waals surface area contributed by atoms with Gasteiger partial charge in [0.15, 0.2) is 0 Å². The molecular formula is C8H20N4. The second-order valence-electron chi connectivity index (χ2n) is 2.72. The minimum Gasteiger partial charge on any atom is -0.345 e. The van der Waals surface area contributed by atoms with Crippen LogP contribution in [0.5, 0.6) is 0 Å². The molecular weight excluding hydrogens is 152 g/mol. The van der Waals surface area contributed by atoms with Crippen LogP contribution < -0.4 is 11.3 Å². The first-order valence-electron chi connectivity index (χ1n) is 4.48. The Labute approximate surface area is 74.8 Å². The monoisotopic (exact) mass is 172 g/mol. The van der Waals surface area contributed by atoms with Crippen molar-refractivity contribution in [2.75, 3.05) is 20.1 Å². The van der Waals surface area contributed by atoms with Gasteiger partial charge in [0.1, 0.15) is 0 Å². The van der Waals surface area contributed by atoms with Crippen LogP contribution in [0.15, 0.2) is 4.99 Å². The Morgan fingerprint density at radius 1 is 1.50 bits per heavy atom. The number of rotatable bonds is 4. The Morgan fingerprint density at radius 2 is 2.17 bits per heavy atom. The Bertz CT molecular complexity index is 133. The van der Waals surface area contributed by atoms with Gasteiger partial charge in [0.05, 0.1) is 0 Å². The summed E-state index contributed by atoms with van der Waals surface area (Å²) in [6, 6.07) is 0. The highest BCUT2D eigenvalue weighted by Crippen LogP contribution is 1.91. The fourth-order valence-corrected chi connectivity index (χ4v) is 0.928. The first-order valence-corrected chi connectivity index (χ1v) is 4.48. The molecule has 72 valence electrons. The molecule has 4 heteroatoms. The molecule has 0 amide bonds. The van der Waals surface area contributed by atoms with Crippen molar-refractivity contribution >= 4 is 5.96 Å². The third-order valence-corrected chi connectivity index (χ3v) is 1.65. The summed E-state index contributed by atoms with van der Waals surface area (Å²) >= 11 is 0. The lowest BCUT2D eigenvalue weighted by atomic mass is 10.3. The maximum absolute atomic E-state index is 5.31. The van der Waals surface area contributed by atoms with Gasteiger partial charge in [-0.25, -0.2) is 5.84 Å². The summed E-state index contributed by atoms with van der Waals surface area (Å²) in [5.41, 5.74) is 2.59. The van der Waals surface area contributed by atoms with Gasteiger partial charge in [-0.1, -0.05) is 13.3 Å². The fraction of sp³-hybridized carbons (Fsp3) is 0.875. The minimum atomic E-state index is 0.760. The number of hydrazine groups is 1. The van der Waals surface area contributed by atoms with E-state index >= 15 is 0 Å². The molecule has 12 heavy (non-hydrogen) atoms. The number of nitrogens with zero attached hydrogens (tertiary/aromatic N) is 2. The Balaban J connectivity index is 3.85. The van der Waals surface area contributed by atoms with Crippen molar-refractivity contribution in [1.82, 2.24) is 10.3 Å². The third kappa shape index (κ3) is 4.18. The average Bonchev–Trinajstić information content (AvgIpc) is 2.10. The largest absolute Gasteiger partial charge is 0.345 e. The number of aliphatic imine (C=N–C) groups is 1. The zero-order valence-electron chi connectivity index (χ0n) is 8.30. The van der Waals surface area contributed by atoms with Crippen molar-refractivity contribution in [2.24, 2.45) is 10.8 Å². The van der Waals surface area contributed by atoms with Gasteiger partial charge in [0, 0.05) is 20.1 Å². The second-order valence-corrected chi connectivity index (χ2v) is 2.72. The highest BCUT2D eigenvalue weighted by Gasteiger charge is 2.01. The summed E-state index contributed by atoms with van der Waals surface area (Å²) in [6.07, 6.45) is 2.36. The summed E-state index contributed by atoms with van der Waals surface area (Å²) in [6.45, 7) is 5.92. The van der Waals surface area contributed by atoms with E-state index in [-0.39, 0.29) is 0 Å². The van der Waals surface area contributed by atoms with E-state index in [4.69, 9.17) is 5.84 Å². The zero-order valence-corrected chi connectivity index (χ0v) is 8.30. The molecule has 0 spiro atoms. The van der Waals surface area contributed by atoms with E-state index in [0.29, 0.717) is 0 Å². The molecule has 0 heterocycles. The Morgan fingerprint density at radius 3 is 2.58 bits per heavy atom. The minimum absolute atomic E-state index is 0.760. The van der Waals surface area contributed by atoms with E-state index in [1.54, 1.807) is 0 Å². The van der Waals surface area contributed by atoms with Crippen molar-refractivity contribution in [3.8, 4) is 0 Å². The summed E-state index contributed by atoms with van der Waals surface area (Å²) < 4.78 is 0. The molecule has 0 aromatic heterocycles. The Hall–Kier alpha value is -0.770. The smallest absolute Gasteiger partial charge is 0.208 e. The fourth-order valence-electron chi connectivity index (χ4n) is 0.928. The molecule has 0 aliphatic heterocycles. The van der Waals surface area contributed by atoms with Crippen LogP contribution in [0.1, 0.15) is 26.7 Å². The molecule has 3 N–H and O–H groups in total. The van der Waals surface area contributed by atoms with Crippen LogP contribution in [0.25, 0.3) is 0 Å². The summed E-state index contributed by atoms with van der Waals surface area (Å²) in [4.78, 5) is 6.24. The SMILES string of the molecule is CCCCN(C)C(=NCC)NN. The van der Waals surface area contributed by atoms with Gasteiger partial charge in [-0.15, -0.1) is 0 Å². The van der Waals surface area contributed by atoms with Crippen LogP contribution in [0.2, 0.25) is 0 Å². The highest BCUT2D eigenvalue weighted by atomic mass is 15.4. The normalized spacial score (nSPS) is 11.5. The lowest BCUT2D eigenvalue weighted by molar-refractivity contribution is 0.465. The van der Waals surface area contributed by atoms with Crippen LogP contribution in [-0.4, -0.2) is 31.0 Å². The molecule has 0 aliphatic rings. The van der Waals surface area contributed by atoms with Gasteiger partial charge in [0.2, 0.25) is 5.96 Å². The molecule has 0 fully saturated rings. The molecule has 0 radical (unpaired) electrons. The number of nitrogens with two attached hydrogens (primary N) is 1. The maximum atomic E-state index is 5.31. The average molecular weight is 172 g/mol. The van der Waals surface area contributed by atoms with Crippen LogP contribution in [-0.2, 0) is 0 Å². The number of unbranched alkanes of at least 4 members (excludes halogenated alkanes) is 1. The predicted octanol–water partition coefficient (Wildman–Crippen LogP) is 0.558. The van der Waals surface area contributed by atoms with Gasteiger partial charge < -0.3 is 4.90 Å².